The molecule has 0 spiro atoms. The SMILES string of the molecule is CCC(C)C1NC(=O)CN(C(CC)CC2CC2)C1=O. The molecule has 0 radical (unpaired) electrons. The van der Waals surface area contributed by atoms with Gasteiger partial charge >= 0.3 is 0 Å². The van der Waals surface area contributed by atoms with Gasteiger partial charge < -0.3 is 10.2 Å². The highest BCUT2D eigenvalue weighted by Gasteiger charge is 2.39. The van der Waals surface area contributed by atoms with Crippen LogP contribution in [-0.4, -0.2) is 35.3 Å². The molecule has 108 valence electrons. The van der Waals surface area contributed by atoms with Gasteiger partial charge in [-0.05, 0) is 24.7 Å². The number of amides is 2. The van der Waals surface area contributed by atoms with E-state index in [1.807, 2.05) is 11.8 Å². The van der Waals surface area contributed by atoms with Crippen LogP contribution in [0.15, 0.2) is 0 Å². The Morgan fingerprint density at radius 2 is 1.95 bits per heavy atom. The van der Waals surface area contributed by atoms with E-state index < -0.39 is 0 Å². The van der Waals surface area contributed by atoms with Gasteiger partial charge in [0.1, 0.15) is 6.04 Å². The number of hydrogen-bond donors (Lipinski definition) is 1. The van der Waals surface area contributed by atoms with Crippen LogP contribution in [0.1, 0.15) is 52.9 Å². The molecule has 2 amide bonds. The largest absolute Gasteiger partial charge is 0.342 e. The number of piperazine rings is 1. The summed E-state index contributed by atoms with van der Waals surface area (Å²) in [6, 6.07) is -0.0721. The van der Waals surface area contributed by atoms with E-state index in [1.54, 1.807) is 0 Å². The molecule has 0 bridgehead atoms. The van der Waals surface area contributed by atoms with Crippen LogP contribution in [0.4, 0.5) is 0 Å². The highest BCUT2D eigenvalue weighted by Crippen LogP contribution is 2.36. The molecular weight excluding hydrogens is 240 g/mol. The summed E-state index contributed by atoms with van der Waals surface area (Å²) in [4.78, 5) is 26.3. The first-order valence-corrected chi connectivity index (χ1v) is 7.66. The average Bonchev–Trinajstić information content (AvgIpc) is 3.21. The number of carbonyl (C=O) groups is 2. The Bertz CT molecular complexity index is 352. The van der Waals surface area contributed by atoms with Crippen LogP contribution < -0.4 is 5.32 Å². The molecule has 2 fully saturated rings. The number of hydrogen-bond acceptors (Lipinski definition) is 2. The lowest BCUT2D eigenvalue weighted by Gasteiger charge is -2.39. The lowest BCUT2D eigenvalue weighted by atomic mass is 9.94. The lowest BCUT2D eigenvalue weighted by molar-refractivity contribution is -0.148. The van der Waals surface area contributed by atoms with Gasteiger partial charge in [0.15, 0.2) is 0 Å². The molecule has 1 N–H and O–H groups in total. The van der Waals surface area contributed by atoms with E-state index in [0.717, 1.165) is 25.2 Å². The van der Waals surface area contributed by atoms with Gasteiger partial charge in [-0.2, -0.15) is 0 Å². The van der Waals surface area contributed by atoms with Gasteiger partial charge in [-0.25, -0.2) is 0 Å². The third-order valence-electron chi connectivity index (χ3n) is 4.61. The average molecular weight is 266 g/mol. The summed E-state index contributed by atoms with van der Waals surface area (Å²) in [7, 11) is 0. The molecule has 4 nitrogen and oxygen atoms in total. The highest BCUT2D eigenvalue weighted by molar-refractivity contribution is 5.95. The Balaban J connectivity index is 2.08. The molecule has 0 aromatic carbocycles. The van der Waals surface area contributed by atoms with Crippen LogP contribution in [0, 0.1) is 11.8 Å². The van der Waals surface area contributed by atoms with Crippen molar-refractivity contribution in [3.63, 3.8) is 0 Å². The summed E-state index contributed by atoms with van der Waals surface area (Å²) < 4.78 is 0. The topological polar surface area (TPSA) is 49.4 Å². The standard InChI is InChI=1S/C15H26N2O2/c1-4-10(3)14-15(19)17(9-13(18)16-14)12(5-2)8-11-6-7-11/h10-12,14H,4-9H2,1-3H3,(H,16,18). The molecule has 4 heteroatoms. The van der Waals surface area contributed by atoms with E-state index in [9.17, 15) is 9.59 Å². The van der Waals surface area contributed by atoms with Crippen molar-refractivity contribution in [2.24, 2.45) is 11.8 Å². The van der Waals surface area contributed by atoms with Crippen molar-refractivity contribution in [2.45, 2.75) is 65.0 Å². The predicted octanol–water partition coefficient (Wildman–Crippen LogP) is 1.94. The van der Waals surface area contributed by atoms with Crippen LogP contribution in [-0.2, 0) is 9.59 Å². The molecule has 1 aliphatic carbocycles. The number of rotatable bonds is 6. The maximum Gasteiger partial charge on any atom is 0.246 e. The molecule has 0 aromatic rings. The Kier molecular flexibility index (Phi) is 4.48. The summed E-state index contributed by atoms with van der Waals surface area (Å²) in [6.07, 6.45) is 5.51. The molecule has 0 aromatic heterocycles. The molecule has 3 atom stereocenters. The minimum absolute atomic E-state index is 0.000790. The van der Waals surface area contributed by atoms with Crippen molar-refractivity contribution in [3.05, 3.63) is 0 Å². The van der Waals surface area contributed by atoms with Gasteiger partial charge in [0.05, 0.1) is 6.54 Å². The molecule has 1 saturated carbocycles. The Hall–Kier alpha value is -1.06. The Labute approximate surface area is 115 Å². The minimum Gasteiger partial charge on any atom is -0.342 e. The monoisotopic (exact) mass is 266 g/mol. The normalized spacial score (nSPS) is 27.1. The fraction of sp³-hybridized carbons (Fsp3) is 0.867. The van der Waals surface area contributed by atoms with Gasteiger partial charge in [0, 0.05) is 6.04 Å². The van der Waals surface area contributed by atoms with Gasteiger partial charge in [0.25, 0.3) is 0 Å². The first-order chi connectivity index (χ1) is 9.06. The van der Waals surface area contributed by atoms with Crippen LogP contribution in [0.5, 0.6) is 0 Å². The first-order valence-electron chi connectivity index (χ1n) is 7.66. The second kappa shape index (κ2) is 5.93. The lowest BCUT2D eigenvalue weighted by Crippen LogP contribution is -2.62. The zero-order chi connectivity index (χ0) is 14.0. The third kappa shape index (κ3) is 3.28. The van der Waals surface area contributed by atoms with E-state index in [1.165, 1.54) is 12.8 Å². The van der Waals surface area contributed by atoms with E-state index >= 15 is 0 Å². The molecule has 1 aliphatic heterocycles. The van der Waals surface area contributed by atoms with E-state index in [4.69, 9.17) is 0 Å². The predicted molar refractivity (Wildman–Crippen MR) is 74.5 cm³/mol. The smallest absolute Gasteiger partial charge is 0.246 e. The number of carbonyl (C=O) groups excluding carboxylic acids is 2. The molecule has 1 heterocycles. The molecule has 3 unspecified atom stereocenters. The maximum absolute atomic E-state index is 12.6. The zero-order valence-electron chi connectivity index (χ0n) is 12.3. The Morgan fingerprint density at radius 1 is 1.26 bits per heavy atom. The van der Waals surface area contributed by atoms with Crippen LogP contribution in [0.25, 0.3) is 0 Å². The van der Waals surface area contributed by atoms with Crippen molar-refractivity contribution in [1.29, 1.82) is 0 Å². The zero-order valence-corrected chi connectivity index (χ0v) is 12.3. The fourth-order valence-corrected chi connectivity index (χ4v) is 2.88. The van der Waals surface area contributed by atoms with Crippen LogP contribution in [0.3, 0.4) is 0 Å². The quantitative estimate of drug-likeness (QED) is 0.798. The number of nitrogens with one attached hydrogen (secondary N) is 1. The molecular formula is C15H26N2O2. The van der Waals surface area contributed by atoms with Crippen LogP contribution in [0.2, 0.25) is 0 Å². The van der Waals surface area contributed by atoms with Crippen LogP contribution >= 0.6 is 0 Å². The summed E-state index contributed by atoms with van der Waals surface area (Å²) in [5, 5.41) is 2.86. The van der Waals surface area contributed by atoms with Gasteiger partial charge in [0.2, 0.25) is 11.8 Å². The van der Waals surface area contributed by atoms with Gasteiger partial charge in [-0.1, -0.05) is 40.0 Å². The summed E-state index contributed by atoms with van der Waals surface area (Å²) >= 11 is 0. The van der Waals surface area contributed by atoms with Crippen molar-refractivity contribution in [2.75, 3.05) is 6.54 Å². The van der Waals surface area contributed by atoms with Gasteiger partial charge in [-0.15, -0.1) is 0 Å². The maximum atomic E-state index is 12.6. The molecule has 19 heavy (non-hydrogen) atoms. The summed E-state index contributed by atoms with van der Waals surface area (Å²) in [5.74, 6) is 1.11. The molecule has 2 rings (SSSR count). The number of nitrogens with zero attached hydrogens (tertiary/aromatic N) is 1. The first kappa shape index (κ1) is 14.4. The second-order valence-electron chi connectivity index (χ2n) is 6.14. The molecule has 1 saturated heterocycles. The second-order valence-corrected chi connectivity index (χ2v) is 6.14. The molecule has 2 aliphatic rings. The van der Waals surface area contributed by atoms with E-state index in [-0.39, 0.29) is 36.4 Å². The van der Waals surface area contributed by atoms with Crippen molar-refractivity contribution in [1.82, 2.24) is 10.2 Å². The van der Waals surface area contributed by atoms with E-state index in [2.05, 4.69) is 19.2 Å². The van der Waals surface area contributed by atoms with Gasteiger partial charge in [-0.3, -0.25) is 9.59 Å². The van der Waals surface area contributed by atoms with E-state index in [0.29, 0.717) is 0 Å². The summed E-state index contributed by atoms with van der Waals surface area (Å²) in [6.45, 7) is 6.46. The fourth-order valence-electron chi connectivity index (χ4n) is 2.88. The van der Waals surface area contributed by atoms with Crippen molar-refractivity contribution < 1.29 is 9.59 Å². The minimum atomic E-state index is -0.320. The highest BCUT2D eigenvalue weighted by atomic mass is 16.2. The van der Waals surface area contributed by atoms with Crippen molar-refractivity contribution >= 4 is 11.8 Å². The third-order valence-corrected chi connectivity index (χ3v) is 4.61. The Morgan fingerprint density at radius 3 is 2.47 bits per heavy atom. The summed E-state index contributed by atoms with van der Waals surface area (Å²) in [5.41, 5.74) is 0. The van der Waals surface area contributed by atoms with Crippen molar-refractivity contribution in [3.8, 4) is 0 Å².